The van der Waals surface area contributed by atoms with Gasteiger partial charge in [0, 0.05) is 12.1 Å². The highest BCUT2D eigenvalue weighted by atomic mass is 16.3. The van der Waals surface area contributed by atoms with Gasteiger partial charge in [0.15, 0.2) is 0 Å². The Labute approximate surface area is 72.0 Å². The van der Waals surface area contributed by atoms with E-state index in [1.54, 1.807) is 24.3 Å². The average molecular weight is 161 g/mol. The Morgan fingerprint density at radius 3 is 2.42 bits per heavy atom. The van der Waals surface area contributed by atoms with Crippen LogP contribution in [0.3, 0.4) is 0 Å². The molecule has 0 aliphatic heterocycles. The van der Waals surface area contributed by atoms with E-state index in [4.69, 9.17) is 12.2 Å². The van der Waals surface area contributed by atoms with Crippen LogP contribution in [-0.4, -0.2) is 11.7 Å². The van der Waals surface area contributed by atoms with Crippen LogP contribution in [0.1, 0.15) is 17.2 Å². The number of rotatable bonds is 2. The maximum absolute atomic E-state index is 9.32. The molecule has 0 saturated carbocycles. The molecule has 0 aliphatic carbocycles. The average Bonchev–Trinajstić information content (AvgIpc) is 2.17. The Bertz CT molecular complexity index is 284. The molecule has 0 unspecified atom stereocenters. The van der Waals surface area contributed by atoms with Gasteiger partial charge in [-0.15, -0.1) is 6.42 Å². The second-order valence-electron chi connectivity index (χ2n) is 2.52. The highest BCUT2D eigenvalue weighted by molar-refractivity contribution is 5.34. The molecule has 0 fully saturated rings. The van der Waals surface area contributed by atoms with Gasteiger partial charge in [0.05, 0.1) is 6.10 Å². The summed E-state index contributed by atoms with van der Waals surface area (Å²) < 4.78 is 0. The summed E-state index contributed by atoms with van der Waals surface area (Å²) in [4.78, 5) is 0. The first-order valence-corrected chi connectivity index (χ1v) is 3.72. The topological polar surface area (TPSA) is 46.2 Å². The summed E-state index contributed by atoms with van der Waals surface area (Å²) in [6.45, 7) is 0.232. The summed E-state index contributed by atoms with van der Waals surface area (Å²) in [7, 11) is 0. The van der Waals surface area contributed by atoms with Crippen molar-refractivity contribution in [1.82, 2.24) is 0 Å². The van der Waals surface area contributed by atoms with Gasteiger partial charge in [-0.1, -0.05) is 18.1 Å². The van der Waals surface area contributed by atoms with Gasteiger partial charge in [0.2, 0.25) is 0 Å². The van der Waals surface area contributed by atoms with Crippen molar-refractivity contribution in [3.63, 3.8) is 0 Å². The third-order valence-electron chi connectivity index (χ3n) is 1.69. The lowest BCUT2D eigenvalue weighted by atomic mass is 10.1. The molecule has 0 aromatic heterocycles. The minimum absolute atomic E-state index is 0.232. The summed E-state index contributed by atoms with van der Waals surface area (Å²) in [5, 5.41) is 9.32. The van der Waals surface area contributed by atoms with Gasteiger partial charge >= 0.3 is 0 Å². The van der Waals surface area contributed by atoms with Gasteiger partial charge in [0.25, 0.3) is 0 Å². The van der Waals surface area contributed by atoms with Crippen molar-refractivity contribution >= 4 is 0 Å². The number of nitrogens with two attached hydrogens (primary N) is 1. The zero-order valence-electron chi connectivity index (χ0n) is 6.70. The van der Waals surface area contributed by atoms with E-state index in [0.717, 1.165) is 11.1 Å². The molecule has 0 amide bonds. The van der Waals surface area contributed by atoms with E-state index in [1.165, 1.54) is 0 Å². The highest BCUT2D eigenvalue weighted by Gasteiger charge is 2.02. The molecule has 1 atom stereocenters. The van der Waals surface area contributed by atoms with Crippen molar-refractivity contribution < 1.29 is 5.11 Å². The van der Waals surface area contributed by atoms with E-state index in [1.807, 2.05) is 0 Å². The first-order valence-electron chi connectivity index (χ1n) is 3.72. The lowest BCUT2D eigenvalue weighted by Gasteiger charge is -2.06. The van der Waals surface area contributed by atoms with Crippen LogP contribution in [0, 0.1) is 12.3 Å². The Morgan fingerprint density at radius 1 is 1.42 bits per heavy atom. The van der Waals surface area contributed by atoms with Crippen LogP contribution in [0.2, 0.25) is 0 Å². The van der Waals surface area contributed by atoms with Gasteiger partial charge in [-0.25, -0.2) is 0 Å². The lowest BCUT2D eigenvalue weighted by Crippen LogP contribution is -2.11. The molecular weight excluding hydrogens is 150 g/mol. The smallest absolute Gasteiger partial charge is 0.0912 e. The van der Waals surface area contributed by atoms with Crippen molar-refractivity contribution in [3.8, 4) is 12.3 Å². The maximum atomic E-state index is 9.32. The predicted molar refractivity (Wildman–Crippen MR) is 48.4 cm³/mol. The molecule has 0 bridgehead atoms. The molecule has 2 heteroatoms. The second kappa shape index (κ2) is 3.91. The number of benzene rings is 1. The second-order valence-corrected chi connectivity index (χ2v) is 2.52. The molecule has 0 aliphatic rings. The van der Waals surface area contributed by atoms with Crippen molar-refractivity contribution in [2.75, 3.05) is 6.54 Å². The molecule has 12 heavy (non-hydrogen) atoms. The SMILES string of the molecule is C#Cc1ccc([C@H](O)CN)cc1. The molecule has 3 N–H and O–H groups in total. The van der Waals surface area contributed by atoms with Gasteiger partial charge in [-0.3, -0.25) is 0 Å². The molecular formula is C10H11NO. The van der Waals surface area contributed by atoms with Crippen LogP contribution in [0.25, 0.3) is 0 Å². The fourth-order valence-corrected chi connectivity index (χ4v) is 0.938. The van der Waals surface area contributed by atoms with Gasteiger partial charge in [-0.2, -0.15) is 0 Å². The number of aliphatic hydroxyl groups is 1. The van der Waals surface area contributed by atoms with Crippen molar-refractivity contribution in [1.29, 1.82) is 0 Å². The van der Waals surface area contributed by atoms with Crippen molar-refractivity contribution in [2.24, 2.45) is 5.73 Å². The molecule has 1 aromatic carbocycles. The quantitative estimate of drug-likeness (QED) is 0.626. The van der Waals surface area contributed by atoms with Gasteiger partial charge in [0.1, 0.15) is 0 Å². The first kappa shape index (κ1) is 8.79. The Morgan fingerprint density at radius 2 is 2.00 bits per heavy atom. The van der Waals surface area contributed by atoms with Crippen molar-refractivity contribution in [2.45, 2.75) is 6.10 Å². The summed E-state index contributed by atoms with van der Waals surface area (Å²) in [5.74, 6) is 2.50. The standard InChI is InChI=1S/C10H11NO/c1-2-8-3-5-9(6-4-8)10(12)7-11/h1,3-6,10,12H,7,11H2/t10-/m1/s1. The first-order chi connectivity index (χ1) is 5.77. The van der Waals surface area contributed by atoms with Crippen LogP contribution in [0.15, 0.2) is 24.3 Å². The molecule has 0 radical (unpaired) electrons. The Hall–Kier alpha value is -1.30. The summed E-state index contributed by atoms with van der Waals surface area (Å²) in [6, 6.07) is 7.14. The summed E-state index contributed by atoms with van der Waals surface area (Å²) in [5.41, 5.74) is 6.89. The number of terminal acetylenes is 1. The van der Waals surface area contributed by atoms with Crippen LogP contribution in [-0.2, 0) is 0 Å². The van der Waals surface area contributed by atoms with Crippen LogP contribution in [0.5, 0.6) is 0 Å². The van der Waals surface area contributed by atoms with Crippen molar-refractivity contribution in [3.05, 3.63) is 35.4 Å². The Kier molecular flexibility index (Phi) is 2.87. The summed E-state index contributed by atoms with van der Waals surface area (Å²) >= 11 is 0. The van der Waals surface area contributed by atoms with Crippen LogP contribution < -0.4 is 5.73 Å². The fourth-order valence-electron chi connectivity index (χ4n) is 0.938. The molecule has 0 spiro atoms. The van der Waals surface area contributed by atoms with Gasteiger partial charge < -0.3 is 10.8 Å². The van der Waals surface area contributed by atoms with E-state index in [-0.39, 0.29) is 6.54 Å². The molecule has 62 valence electrons. The largest absolute Gasteiger partial charge is 0.387 e. The van der Waals surface area contributed by atoms with E-state index in [9.17, 15) is 5.11 Å². The van der Waals surface area contributed by atoms with E-state index in [0.29, 0.717) is 0 Å². The normalized spacial score (nSPS) is 12.1. The monoisotopic (exact) mass is 161 g/mol. The predicted octanol–water partition coefficient (Wildman–Crippen LogP) is 0.660. The highest BCUT2D eigenvalue weighted by Crippen LogP contribution is 2.11. The number of hydrogen-bond acceptors (Lipinski definition) is 2. The third kappa shape index (κ3) is 1.85. The zero-order chi connectivity index (χ0) is 8.97. The molecule has 2 nitrogen and oxygen atoms in total. The minimum atomic E-state index is -0.586. The third-order valence-corrected chi connectivity index (χ3v) is 1.69. The molecule has 1 aromatic rings. The molecule has 0 heterocycles. The van der Waals surface area contributed by atoms with Crippen LogP contribution in [0.4, 0.5) is 0 Å². The lowest BCUT2D eigenvalue weighted by molar-refractivity contribution is 0.187. The maximum Gasteiger partial charge on any atom is 0.0912 e. The molecule has 1 rings (SSSR count). The number of aliphatic hydroxyl groups excluding tert-OH is 1. The minimum Gasteiger partial charge on any atom is -0.387 e. The fraction of sp³-hybridized carbons (Fsp3) is 0.200. The van der Waals surface area contributed by atoms with E-state index in [2.05, 4.69) is 5.92 Å². The Balaban J connectivity index is 2.86. The molecule has 0 saturated heterocycles. The van der Waals surface area contributed by atoms with Crippen LogP contribution >= 0.6 is 0 Å². The van der Waals surface area contributed by atoms with E-state index >= 15 is 0 Å². The zero-order valence-corrected chi connectivity index (χ0v) is 6.70. The number of hydrogen-bond donors (Lipinski definition) is 2. The van der Waals surface area contributed by atoms with E-state index < -0.39 is 6.10 Å². The summed E-state index contributed by atoms with van der Waals surface area (Å²) in [6.07, 6.45) is 4.59. The van der Waals surface area contributed by atoms with Gasteiger partial charge in [-0.05, 0) is 17.7 Å².